The summed E-state index contributed by atoms with van der Waals surface area (Å²) in [4.78, 5) is 16.7. The van der Waals surface area contributed by atoms with Crippen molar-refractivity contribution in [2.75, 3.05) is 6.61 Å². The van der Waals surface area contributed by atoms with Crippen molar-refractivity contribution in [3.05, 3.63) is 54.5 Å². The molecule has 1 N–H and O–H groups in total. The standard InChI is InChI=1S/C26H27F4N3O3/c1-5-35-24(34)19(12-25(2,3)27)32-23(26(28,29)30)16-6-8-17-18-10-15(20-13-33(4)14-31-20)7-9-21(18)36-22(17)11-16/h6-11,13-14,19,23,32H,5,12H2,1-4H3/t19-,23-/m0/s1. The van der Waals surface area contributed by atoms with Crippen molar-refractivity contribution in [1.29, 1.82) is 0 Å². The zero-order valence-electron chi connectivity index (χ0n) is 20.3. The highest BCUT2D eigenvalue weighted by Crippen LogP contribution is 2.38. The topological polar surface area (TPSA) is 69.3 Å². The molecule has 4 aromatic rings. The van der Waals surface area contributed by atoms with E-state index in [0.29, 0.717) is 11.0 Å². The first-order valence-electron chi connectivity index (χ1n) is 11.5. The second-order valence-corrected chi connectivity index (χ2v) is 9.36. The lowest BCUT2D eigenvalue weighted by atomic mass is 9.97. The minimum absolute atomic E-state index is 0.0359. The summed E-state index contributed by atoms with van der Waals surface area (Å²) in [5.41, 5.74) is 0.319. The summed E-state index contributed by atoms with van der Waals surface area (Å²) in [7, 11) is 1.86. The number of carbonyl (C=O) groups is 1. The number of aromatic nitrogens is 2. The zero-order valence-corrected chi connectivity index (χ0v) is 20.3. The molecule has 4 rings (SSSR count). The highest BCUT2D eigenvalue weighted by atomic mass is 19.4. The smallest absolute Gasteiger partial charge is 0.407 e. The molecular weight excluding hydrogens is 478 g/mol. The highest BCUT2D eigenvalue weighted by Gasteiger charge is 2.44. The molecule has 0 aliphatic rings. The normalized spacial score (nSPS) is 14.3. The third kappa shape index (κ3) is 5.53. The van der Waals surface area contributed by atoms with E-state index in [-0.39, 0.29) is 17.8 Å². The van der Waals surface area contributed by atoms with Crippen LogP contribution in [0.25, 0.3) is 33.2 Å². The fourth-order valence-electron chi connectivity index (χ4n) is 4.21. The third-order valence-corrected chi connectivity index (χ3v) is 5.79. The van der Waals surface area contributed by atoms with Crippen molar-refractivity contribution in [3.8, 4) is 11.3 Å². The Hall–Kier alpha value is -3.40. The molecule has 0 fully saturated rings. The summed E-state index contributed by atoms with van der Waals surface area (Å²) in [6.45, 7) is 3.89. The van der Waals surface area contributed by atoms with Crippen LogP contribution in [0.5, 0.6) is 0 Å². The average molecular weight is 506 g/mol. The number of fused-ring (bicyclic) bond motifs is 3. The molecule has 0 radical (unpaired) electrons. The molecule has 10 heteroatoms. The molecule has 0 aliphatic heterocycles. The van der Waals surface area contributed by atoms with Crippen molar-refractivity contribution in [2.45, 2.75) is 51.1 Å². The average Bonchev–Trinajstić information content (AvgIpc) is 3.37. The first-order chi connectivity index (χ1) is 16.9. The number of alkyl halides is 4. The van der Waals surface area contributed by atoms with E-state index in [4.69, 9.17) is 9.15 Å². The van der Waals surface area contributed by atoms with Crippen LogP contribution in [-0.4, -0.2) is 40.0 Å². The molecule has 6 nitrogen and oxygen atoms in total. The molecule has 0 unspecified atom stereocenters. The second kappa shape index (κ2) is 9.57. The molecule has 2 aromatic heterocycles. The van der Waals surface area contributed by atoms with Crippen LogP contribution in [0.4, 0.5) is 17.6 Å². The third-order valence-electron chi connectivity index (χ3n) is 5.79. The Balaban J connectivity index is 1.73. The zero-order chi connectivity index (χ0) is 26.3. The van der Waals surface area contributed by atoms with E-state index in [1.807, 2.05) is 29.9 Å². The van der Waals surface area contributed by atoms with Crippen LogP contribution in [0.2, 0.25) is 0 Å². The van der Waals surface area contributed by atoms with Crippen molar-refractivity contribution < 1.29 is 31.5 Å². The molecule has 2 aromatic carbocycles. The van der Waals surface area contributed by atoms with E-state index in [2.05, 4.69) is 10.3 Å². The number of rotatable bonds is 8. The van der Waals surface area contributed by atoms with Gasteiger partial charge in [-0.3, -0.25) is 10.1 Å². The molecule has 0 amide bonds. The van der Waals surface area contributed by atoms with Crippen LogP contribution in [0.15, 0.2) is 53.3 Å². The van der Waals surface area contributed by atoms with Gasteiger partial charge in [0.2, 0.25) is 0 Å². The minimum Gasteiger partial charge on any atom is -0.465 e. The number of aryl methyl sites for hydroxylation is 1. The Bertz CT molecular complexity index is 1380. The predicted molar refractivity (Wildman–Crippen MR) is 128 cm³/mol. The Labute approximate surface area is 205 Å². The van der Waals surface area contributed by atoms with Gasteiger partial charge in [-0.25, -0.2) is 9.37 Å². The van der Waals surface area contributed by atoms with Gasteiger partial charge >= 0.3 is 12.1 Å². The summed E-state index contributed by atoms with van der Waals surface area (Å²) in [5.74, 6) is -0.940. The van der Waals surface area contributed by atoms with Crippen molar-refractivity contribution in [1.82, 2.24) is 14.9 Å². The van der Waals surface area contributed by atoms with Crippen molar-refractivity contribution in [2.24, 2.45) is 7.05 Å². The highest BCUT2D eigenvalue weighted by molar-refractivity contribution is 6.06. The Morgan fingerprint density at radius 2 is 1.86 bits per heavy atom. The van der Waals surface area contributed by atoms with Crippen LogP contribution in [0.3, 0.4) is 0 Å². The predicted octanol–water partition coefficient (Wildman–Crippen LogP) is 6.25. The van der Waals surface area contributed by atoms with E-state index in [0.717, 1.165) is 16.6 Å². The van der Waals surface area contributed by atoms with Crippen LogP contribution < -0.4 is 5.32 Å². The monoisotopic (exact) mass is 505 g/mol. The summed E-state index contributed by atoms with van der Waals surface area (Å²) < 4.78 is 69.3. The van der Waals surface area contributed by atoms with E-state index >= 15 is 0 Å². The number of imidazole rings is 1. The second-order valence-electron chi connectivity index (χ2n) is 9.36. The summed E-state index contributed by atoms with van der Waals surface area (Å²) in [5, 5.41) is 3.67. The lowest BCUT2D eigenvalue weighted by Crippen LogP contribution is -2.47. The SMILES string of the molecule is CCOC(=O)[C@H](CC(C)(C)F)N[C@@H](c1ccc2c(c1)oc1ccc(-c3cn(C)cn3)cc12)C(F)(F)F. The number of furan rings is 1. The van der Waals surface area contributed by atoms with Crippen LogP contribution in [0.1, 0.15) is 38.8 Å². The van der Waals surface area contributed by atoms with Gasteiger partial charge in [-0.2, -0.15) is 13.2 Å². The van der Waals surface area contributed by atoms with E-state index in [9.17, 15) is 22.4 Å². The number of benzene rings is 2. The first kappa shape index (κ1) is 25.7. The summed E-state index contributed by atoms with van der Waals surface area (Å²) in [6.07, 6.45) is -1.71. The maximum absolute atomic E-state index is 14.3. The van der Waals surface area contributed by atoms with Crippen molar-refractivity contribution >= 4 is 27.9 Å². The van der Waals surface area contributed by atoms with Gasteiger partial charge in [0.1, 0.15) is 28.9 Å². The Kier molecular flexibility index (Phi) is 6.83. The molecule has 0 saturated heterocycles. The van der Waals surface area contributed by atoms with Gasteiger partial charge in [0.25, 0.3) is 0 Å². The van der Waals surface area contributed by atoms with Crippen LogP contribution >= 0.6 is 0 Å². The number of nitrogens with one attached hydrogen (secondary N) is 1. The summed E-state index contributed by atoms with van der Waals surface area (Å²) >= 11 is 0. The fraction of sp³-hybridized carbons (Fsp3) is 0.385. The van der Waals surface area contributed by atoms with Crippen LogP contribution in [0, 0.1) is 0 Å². The molecular formula is C26H27F4N3O3. The molecule has 0 aliphatic carbocycles. The Morgan fingerprint density at radius 1 is 1.11 bits per heavy atom. The maximum atomic E-state index is 14.3. The number of hydrogen-bond donors (Lipinski definition) is 1. The lowest BCUT2D eigenvalue weighted by molar-refractivity contribution is -0.165. The molecule has 2 atom stereocenters. The lowest BCUT2D eigenvalue weighted by Gasteiger charge is -2.29. The van der Waals surface area contributed by atoms with Gasteiger partial charge in [-0.15, -0.1) is 0 Å². The number of hydrogen-bond acceptors (Lipinski definition) is 5. The van der Waals surface area contributed by atoms with E-state index in [1.54, 1.807) is 18.5 Å². The first-order valence-corrected chi connectivity index (χ1v) is 11.5. The number of esters is 1. The fourth-order valence-corrected chi connectivity index (χ4v) is 4.21. The van der Waals surface area contributed by atoms with Gasteiger partial charge in [0.15, 0.2) is 0 Å². The van der Waals surface area contributed by atoms with Gasteiger partial charge < -0.3 is 13.7 Å². The van der Waals surface area contributed by atoms with Gasteiger partial charge in [0, 0.05) is 36.0 Å². The maximum Gasteiger partial charge on any atom is 0.407 e. The van der Waals surface area contributed by atoms with Gasteiger partial charge in [-0.05, 0) is 50.6 Å². The van der Waals surface area contributed by atoms with E-state index in [1.165, 1.54) is 32.9 Å². The van der Waals surface area contributed by atoms with Crippen LogP contribution in [-0.2, 0) is 16.6 Å². The van der Waals surface area contributed by atoms with Gasteiger partial charge in [0.05, 0.1) is 18.6 Å². The quantitative estimate of drug-likeness (QED) is 0.227. The Morgan fingerprint density at radius 3 is 2.47 bits per heavy atom. The number of ether oxygens (including phenoxy) is 1. The number of nitrogens with zero attached hydrogens (tertiary/aromatic N) is 2. The molecule has 0 spiro atoms. The summed E-state index contributed by atoms with van der Waals surface area (Å²) in [6, 6.07) is 5.90. The molecule has 192 valence electrons. The number of carbonyl (C=O) groups excluding carboxylic acids is 1. The molecule has 0 bridgehead atoms. The largest absolute Gasteiger partial charge is 0.465 e. The molecule has 36 heavy (non-hydrogen) atoms. The van der Waals surface area contributed by atoms with Crippen molar-refractivity contribution in [3.63, 3.8) is 0 Å². The molecule has 0 saturated carbocycles. The molecule has 2 heterocycles. The minimum atomic E-state index is -4.77. The number of halogens is 4. The van der Waals surface area contributed by atoms with Gasteiger partial charge in [-0.1, -0.05) is 12.1 Å². The van der Waals surface area contributed by atoms with E-state index < -0.39 is 36.3 Å².